The first-order valence-electron chi connectivity index (χ1n) is 8.11. The lowest BCUT2D eigenvalue weighted by molar-refractivity contribution is 0.162. The molecule has 0 saturated heterocycles. The number of anilines is 1. The molecule has 27 heavy (non-hydrogen) atoms. The van der Waals surface area contributed by atoms with Crippen LogP contribution < -0.4 is 16.0 Å². The molecule has 1 aromatic heterocycles. The first-order valence-corrected chi connectivity index (χ1v) is 9.59. The van der Waals surface area contributed by atoms with E-state index in [1.807, 2.05) is 20.8 Å². The molecule has 0 aliphatic rings. The van der Waals surface area contributed by atoms with Crippen LogP contribution in [-0.4, -0.2) is 23.3 Å². The van der Waals surface area contributed by atoms with Crippen LogP contribution in [0.5, 0.6) is 0 Å². The van der Waals surface area contributed by atoms with E-state index in [4.69, 9.17) is 0 Å². The maximum absolute atomic E-state index is 12.6. The fourth-order valence-corrected chi connectivity index (χ4v) is 3.67. The number of nitrogens with zero attached hydrogens (tertiary/aromatic N) is 1. The Bertz CT molecular complexity index is 1230. The third kappa shape index (κ3) is 3.59. The van der Waals surface area contributed by atoms with Crippen molar-refractivity contribution in [2.45, 2.75) is 31.1 Å². The van der Waals surface area contributed by atoms with Crippen molar-refractivity contribution in [3.05, 3.63) is 68.9 Å². The topological polar surface area (TPSA) is 121 Å². The molecule has 3 N–H and O–H groups in total. The number of fused-ring (bicyclic) bond motifs is 1. The van der Waals surface area contributed by atoms with Crippen LogP contribution in [-0.2, 0) is 15.4 Å². The maximum Gasteiger partial charge on any atom is 0.362 e. The molecule has 3 rings (SSSR count). The minimum Gasteiger partial charge on any atom is -0.421 e. The molecule has 1 heterocycles. The Morgan fingerprint density at radius 1 is 1.04 bits per heavy atom. The number of hydrogen-bond donors (Lipinski definition) is 3. The van der Waals surface area contributed by atoms with Crippen LogP contribution in [0.2, 0.25) is 0 Å². The van der Waals surface area contributed by atoms with E-state index in [1.165, 1.54) is 30.3 Å². The maximum atomic E-state index is 12.6. The summed E-state index contributed by atoms with van der Waals surface area (Å²) in [4.78, 5) is 25.7. The largest absolute Gasteiger partial charge is 0.421 e. The molecule has 9 heteroatoms. The average molecular weight is 389 g/mol. The second-order valence-corrected chi connectivity index (χ2v) is 8.87. The Kier molecular flexibility index (Phi) is 4.35. The molecule has 3 aromatic rings. The fourth-order valence-electron chi connectivity index (χ4n) is 2.62. The van der Waals surface area contributed by atoms with Gasteiger partial charge in [-0.05, 0) is 41.3 Å². The molecule has 0 unspecified atom stereocenters. The van der Waals surface area contributed by atoms with Crippen molar-refractivity contribution in [3.8, 4) is 0 Å². The highest BCUT2D eigenvalue weighted by Gasteiger charge is 2.18. The van der Waals surface area contributed by atoms with Crippen molar-refractivity contribution in [2.24, 2.45) is 0 Å². The Balaban J connectivity index is 1.97. The van der Waals surface area contributed by atoms with Crippen molar-refractivity contribution in [2.75, 3.05) is 4.72 Å². The zero-order valence-corrected chi connectivity index (χ0v) is 15.8. The van der Waals surface area contributed by atoms with E-state index in [1.54, 1.807) is 12.1 Å². The van der Waals surface area contributed by atoms with Gasteiger partial charge in [0.15, 0.2) is 0 Å². The quantitative estimate of drug-likeness (QED) is 0.592. The Morgan fingerprint density at radius 3 is 2.26 bits per heavy atom. The monoisotopic (exact) mass is 389 g/mol. The molecular weight excluding hydrogens is 370 g/mol. The summed E-state index contributed by atoms with van der Waals surface area (Å²) in [6, 6.07) is 10.6. The van der Waals surface area contributed by atoms with E-state index in [0.717, 1.165) is 5.56 Å². The average Bonchev–Trinajstić information content (AvgIpc) is 2.59. The van der Waals surface area contributed by atoms with Crippen molar-refractivity contribution in [3.63, 3.8) is 0 Å². The standard InChI is InChI=1S/C18H19N3O5S/c1-18(2,3)11-4-7-13(8-5-11)27(25,26)20-12-6-9-14-15(10-12)19-17(23)21(24)16(14)22/h4-10,20,24H,1-3H3,(H,19,23). The first kappa shape index (κ1) is 18.7. The molecule has 142 valence electrons. The number of rotatable bonds is 3. The van der Waals surface area contributed by atoms with Crippen molar-refractivity contribution >= 4 is 26.6 Å². The van der Waals surface area contributed by atoms with E-state index in [9.17, 15) is 23.2 Å². The van der Waals surface area contributed by atoms with E-state index < -0.39 is 21.3 Å². The van der Waals surface area contributed by atoms with Crippen LogP contribution in [0.1, 0.15) is 26.3 Å². The van der Waals surface area contributed by atoms with Gasteiger partial charge in [0.2, 0.25) is 0 Å². The third-order valence-electron chi connectivity index (χ3n) is 4.16. The second-order valence-electron chi connectivity index (χ2n) is 7.19. The normalized spacial score (nSPS) is 12.3. The zero-order chi connectivity index (χ0) is 20.0. The van der Waals surface area contributed by atoms with Crippen LogP contribution in [0.15, 0.2) is 56.9 Å². The molecule has 0 aliphatic heterocycles. The molecule has 0 aliphatic carbocycles. The molecule has 0 bridgehead atoms. The fraction of sp³-hybridized carbons (Fsp3) is 0.222. The Labute approximate surface area is 155 Å². The van der Waals surface area contributed by atoms with Crippen molar-refractivity contribution in [1.29, 1.82) is 0 Å². The molecule has 0 atom stereocenters. The molecule has 0 spiro atoms. The molecule has 0 radical (unpaired) electrons. The summed E-state index contributed by atoms with van der Waals surface area (Å²) in [5.41, 5.74) is -0.706. The van der Waals surface area contributed by atoms with E-state index >= 15 is 0 Å². The zero-order valence-electron chi connectivity index (χ0n) is 15.0. The predicted molar refractivity (Wildman–Crippen MR) is 102 cm³/mol. The number of aromatic amines is 1. The predicted octanol–water partition coefficient (Wildman–Crippen LogP) is 2.03. The van der Waals surface area contributed by atoms with Gasteiger partial charge in [0.05, 0.1) is 21.5 Å². The molecular formula is C18H19N3O5S. The van der Waals surface area contributed by atoms with Gasteiger partial charge in [-0.2, -0.15) is 0 Å². The SMILES string of the molecule is CC(C)(C)c1ccc(S(=O)(=O)Nc2ccc3c(=O)n(O)c(=O)[nH]c3c2)cc1. The van der Waals surface area contributed by atoms with Gasteiger partial charge in [0.1, 0.15) is 0 Å². The van der Waals surface area contributed by atoms with Crippen molar-refractivity contribution in [1.82, 2.24) is 9.71 Å². The van der Waals surface area contributed by atoms with Gasteiger partial charge in [-0.3, -0.25) is 9.52 Å². The summed E-state index contributed by atoms with van der Waals surface area (Å²) >= 11 is 0. The minimum atomic E-state index is -3.85. The molecule has 8 nitrogen and oxygen atoms in total. The summed E-state index contributed by atoms with van der Waals surface area (Å²) in [7, 11) is -3.85. The molecule has 0 saturated carbocycles. The summed E-state index contributed by atoms with van der Waals surface area (Å²) < 4.78 is 27.6. The van der Waals surface area contributed by atoms with Crippen molar-refractivity contribution < 1.29 is 13.6 Å². The number of aromatic nitrogens is 2. The van der Waals surface area contributed by atoms with Gasteiger partial charge in [0.25, 0.3) is 15.6 Å². The van der Waals surface area contributed by atoms with Gasteiger partial charge in [-0.15, -0.1) is 0 Å². The Hall–Kier alpha value is -3.07. The lowest BCUT2D eigenvalue weighted by Gasteiger charge is -2.19. The van der Waals surface area contributed by atoms with E-state index in [0.29, 0.717) is 0 Å². The van der Waals surface area contributed by atoms with Gasteiger partial charge in [-0.1, -0.05) is 37.6 Å². The van der Waals surface area contributed by atoms with Gasteiger partial charge >= 0.3 is 5.69 Å². The van der Waals surface area contributed by atoms with Crippen LogP contribution >= 0.6 is 0 Å². The van der Waals surface area contributed by atoms with E-state index in [2.05, 4.69) is 9.71 Å². The van der Waals surface area contributed by atoms with Crippen LogP contribution in [0, 0.1) is 0 Å². The van der Waals surface area contributed by atoms with Gasteiger partial charge < -0.3 is 10.2 Å². The van der Waals surface area contributed by atoms with E-state index in [-0.39, 0.29) is 31.6 Å². The highest BCUT2D eigenvalue weighted by molar-refractivity contribution is 7.92. The second kappa shape index (κ2) is 6.27. The van der Waals surface area contributed by atoms with Crippen LogP contribution in [0.25, 0.3) is 10.9 Å². The number of nitrogens with one attached hydrogen (secondary N) is 2. The summed E-state index contributed by atoms with van der Waals surface area (Å²) in [6.07, 6.45) is 0. The Morgan fingerprint density at radius 2 is 1.67 bits per heavy atom. The third-order valence-corrected chi connectivity index (χ3v) is 5.56. The highest BCUT2D eigenvalue weighted by atomic mass is 32.2. The highest BCUT2D eigenvalue weighted by Crippen LogP contribution is 2.24. The van der Waals surface area contributed by atoms with Crippen LogP contribution in [0.4, 0.5) is 5.69 Å². The number of sulfonamides is 1. The lowest BCUT2D eigenvalue weighted by Crippen LogP contribution is -2.33. The minimum absolute atomic E-state index is 0.0387. The lowest BCUT2D eigenvalue weighted by atomic mass is 9.87. The molecule has 0 amide bonds. The molecule has 0 fully saturated rings. The smallest absolute Gasteiger partial charge is 0.362 e. The molecule has 2 aromatic carbocycles. The number of hydrogen-bond acceptors (Lipinski definition) is 5. The van der Waals surface area contributed by atoms with Gasteiger partial charge in [0, 0.05) is 0 Å². The first-order chi connectivity index (χ1) is 12.5. The number of H-pyrrole nitrogens is 1. The summed E-state index contributed by atoms with van der Waals surface area (Å²) in [6.45, 7) is 6.10. The van der Waals surface area contributed by atoms with Crippen LogP contribution in [0.3, 0.4) is 0 Å². The summed E-state index contributed by atoms with van der Waals surface area (Å²) in [5, 5.41) is 9.39. The number of benzene rings is 2. The summed E-state index contributed by atoms with van der Waals surface area (Å²) in [5.74, 6) is 0. The van der Waals surface area contributed by atoms with Gasteiger partial charge in [-0.25, -0.2) is 13.2 Å².